The second kappa shape index (κ2) is 5.12. The summed E-state index contributed by atoms with van der Waals surface area (Å²) in [6.07, 6.45) is 1.20. The van der Waals surface area contributed by atoms with Gasteiger partial charge in [0.15, 0.2) is 5.82 Å². The first-order valence-corrected chi connectivity index (χ1v) is 5.91. The van der Waals surface area contributed by atoms with Gasteiger partial charge in [-0.2, -0.15) is 4.98 Å². The Hall–Kier alpha value is -0.980. The van der Waals surface area contributed by atoms with Crippen molar-refractivity contribution in [2.75, 3.05) is 27.2 Å². The number of likely N-dealkylation sites (N-methyl/N-ethyl adjacent to an activating group) is 1. The van der Waals surface area contributed by atoms with Crippen molar-refractivity contribution in [1.29, 1.82) is 0 Å². The predicted molar refractivity (Wildman–Crippen MR) is 62.6 cm³/mol. The highest BCUT2D eigenvalue weighted by atomic mass is 16.5. The minimum absolute atomic E-state index is 0.206. The molecule has 1 aliphatic rings. The van der Waals surface area contributed by atoms with E-state index >= 15 is 0 Å². The zero-order valence-corrected chi connectivity index (χ0v) is 10.6. The largest absolute Gasteiger partial charge is 0.378 e. The molecule has 3 atom stereocenters. The zero-order valence-electron chi connectivity index (χ0n) is 10.6. The van der Waals surface area contributed by atoms with E-state index in [0.717, 1.165) is 6.42 Å². The lowest BCUT2D eigenvalue weighted by Gasteiger charge is -2.12. The molecule has 17 heavy (non-hydrogen) atoms. The number of ether oxygens (including phenoxy) is 1. The Balaban J connectivity index is 2.00. The molecule has 1 saturated heterocycles. The molecule has 0 aliphatic carbocycles. The second-order valence-corrected chi connectivity index (χ2v) is 4.94. The number of hydrogen-bond donors (Lipinski definition) is 1. The van der Waals surface area contributed by atoms with Gasteiger partial charge >= 0.3 is 0 Å². The highest BCUT2D eigenvalue weighted by Gasteiger charge is 2.29. The molecule has 2 rings (SSSR count). The molecule has 0 saturated carbocycles. The Bertz CT molecular complexity index is 366. The van der Waals surface area contributed by atoms with Crippen molar-refractivity contribution in [2.45, 2.75) is 31.4 Å². The van der Waals surface area contributed by atoms with E-state index < -0.39 is 0 Å². The summed E-state index contributed by atoms with van der Waals surface area (Å²) in [4.78, 5) is 6.37. The van der Waals surface area contributed by atoms with Crippen molar-refractivity contribution >= 4 is 0 Å². The molecule has 0 amide bonds. The molecule has 0 radical (unpaired) electrons. The number of rotatable bonds is 4. The fourth-order valence-corrected chi connectivity index (χ4v) is 2.03. The molecule has 0 bridgehead atoms. The van der Waals surface area contributed by atoms with Gasteiger partial charge in [-0.1, -0.05) is 5.16 Å². The molecule has 1 aromatic rings. The van der Waals surface area contributed by atoms with E-state index in [1.54, 1.807) is 0 Å². The molecule has 2 N–H and O–H groups in total. The Kier molecular flexibility index (Phi) is 3.76. The molecule has 3 unspecified atom stereocenters. The Morgan fingerprint density at radius 1 is 1.53 bits per heavy atom. The van der Waals surface area contributed by atoms with E-state index in [2.05, 4.69) is 17.1 Å². The number of nitrogens with zero attached hydrogens (tertiary/aromatic N) is 3. The summed E-state index contributed by atoms with van der Waals surface area (Å²) >= 11 is 0. The molecule has 0 spiro atoms. The van der Waals surface area contributed by atoms with Crippen molar-refractivity contribution in [3.63, 3.8) is 0 Å². The summed E-state index contributed by atoms with van der Waals surface area (Å²) in [5.41, 5.74) is 5.98. The molecule has 0 aromatic carbocycles. The average molecular weight is 240 g/mol. The fraction of sp³-hybridized carbons (Fsp3) is 0.818. The summed E-state index contributed by atoms with van der Waals surface area (Å²) in [6, 6.07) is -0.206. The fourth-order valence-electron chi connectivity index (χ4n) is 2.03. The van der Waals surface area contributed by atoms with E-state index in [9.17, 15) is 0 Å². The van der Waals surface area contributed by atoms with Crippen LogP contribution in [-0.2, 0) is 4.74 Å². The van der Waals surface area contributed by atoms with Crippen molar-refractivity contribution < 1.29 is 9.26 Å². The van der Waals surface area contributed by atoms with Gasteiger partial charge in [-0.15, -0.1) is 0 Å². The molecule has 96 valence electrons. The molecule has 2 heterocycles. The molecule has 6 heteroatoms. The van der Waals surface area contributed by atoms with Crippen LogP contribution in [0, 0.1) is 0 Å². The summed E-state index contributed by atoms with van der Waals surface area (Å²) in [7, 11) is 3.93. The Morgan fingerprint density at radius 2 is 2.29 bits per heavy atom. The summed E-state index contributed by atoms with van der Waals surface area (Å²) in [5.74, 6) is 1.45. The van der Waals surface area contributed by atoms with E-state index in [1.807, 2.05) is 19.0 Å². The summed E-state index contributed by atoms with van der Waals surface area (Å²) < 4.78 is 10.7. The van der Waals surface area contributed by atoms with Gasteiger partial charge in [0.25, 0.3) is 0 Å². The lowest BCUT2D eigenvalue weighted by Crippen LogP contribution is -2.26. The molecular weight excluding hydrogens is 220 g/mol. The van der Waals surface area contributed by atoms with E-state index in [0.29, 0.717) is 24.9 Å². The normalized spacial score (nSPS) is 26.6. The van der Waals surface area contributed by atoms with Crippen LogP contribution >= 0.6 is 0 Å². The van der Waals surface area contributed by atoms with Gasteiger partial charge in [-0.05, 0) is 27.4 Å². The maximum absolute atomic E-state index is 5.98. The number of nitrogens with two attached hydrogens (primary N) is 1. The van der Waals surface area contributed by atoms with Crippen LogP contribution in [0.25, 0.3) is 0 Å². The van der Waals surface area contributed by atoms with Crippen LogP contribution in [0.3, 0.4) is 0 Å². The van der Waals surface area contributed by atoms with Crippen molar-refractivity contribution in [3.05, 3.63) is 11.7 Å². The standard InChI is InChI=1S/C11H20N4O2/c1-7-4-8(6-16-7)11-13-10(14-17-11)9(12)5-15(2)3/h7-9H,4-6,12H2,1-3H3. The zero-order chi connectivity index (χ0) is 12.4. The monoisotopic (exact) mass is 240 g/mol. The van der Waals surface area contributed by atoms with Gasteiger partial charge < -0.3 is 19.9 Å². The maximum atomic E-state index is 5.98. The van der Waals surface area contributed by atoms with E-state index in [-0.39, 0.29) is 18.1 Å². The molecule has 1 aromatic heterocycles. The topological polar surface area (TPSA) is 77.4 Å². The lowest BCUT2D eigenvalue weighted by atomic mass is 10.1. The van der Waals surface area contributed by atoms with Gasteiger partial charge in [0, 0.05) is 6.54 Å². The minimum atomic E-state index is -0.206. The van der Waals surface area contributed by atoms with Gasteiger partial charge in [-0.25, -0.2) is 0 Å². The average Bonchev–Trinajstić information content (AvgIpc) is 2.84. The molecular formula is C11H20N4O2. The Labute approximate surface area is 101 Å². The first kappa shape index (κ1) is 12.5. The summed E-state index contributed by atoms with van der Waals surface area (Å²) in [6.45, 7) is 3.41. The highest BCUT2D eigenvalue weighted by molar-refractivity contribution is 5.00. The van der Waals surface area contributed by atoms with Gasteiger partial charge in [0.1, 0.15) is 0 Å². The number of hydrogen-bond acceptors (Lipinski definition) is 6. The number of aromatic nitrogens is 2. The van der Waals surface area contributed by atoms with Crippen LogP contribution in [0.5, 0.6) is 0 Å². The van der Waals surface area contributed by atoms with E-state index in [4.69, 9.17) is 15.0 Å². The smallest absolute Gasteiger partial charge is 0.232 e. The first-order chi connectivity index (χ1) is 8.06. The Morgan fingerprint density at radius 3 is 2.88 bits per heavy atom. The molecule has 1 fully saturated rings. The predicted octanol–water partition coefficient (Wildman–Crippen LogP) is 0.523. The highest BCUT2D eigenvalue weighted by Crippen LogP contribution is 2.28. The maximum Gasteiger partial charge on any atom is 0.232 e. The molecule has 1 aliphatic heterocycles. The SMILES string of the molecule is CC1CC(c2nc(C(N)CN(C)C)no2)CO1. The van der Waals surface area contributed by atoms with Gasteiger partial charge in [0.05, 0.1) is 24.7 Å². The van der Waals surface area contributed by atoms with Crippen LogP contribution in [-0.4, -0.2) is 48.4 Å². The third-order valence-electron chi connectivity index (χ3n) is 2.90. The van der Waals surface area contributed by atoms with Gasteiger partial charge in [-0.3, -0.25) is 0 Å². The molecule has 6 nitrogen and oxygen atoms in total. The third kappa shape index (κ3) is 3.02. The first-order valence-electron chi connectivity index (χ1n) is 5.91. The third-order valence-corrected chi connectivity index (χ3v) is 2.90. The minimum Gasteiger partial charge on any atom is -0.378 e. The van der Waals surface area contributed by atoms with Gasteiger partial charge in [0.2, 0.25) is 5.89 Å². The van der Waals surface area contributed by atoms with Crippen LogP contribution in [0.1, 0.15) is 37.0 Å². The van der Waals surface area contributed by atoms with Crippen molar-refractivity contribution in [2.24, 2.45) is 5.73 Å². The van der Waals surface area contributed by atoms with Crippen LogP contribution < -0.4 is 5.73 Å². The van der Waals surface area contributed by atoms with Crippen molar-refractivity contribution in [3.8, 4) is 0 Å². The quantitative estimate of drug-likeness (QED) is 0.827. The lowest BCUT2D eigenvalue weighted by molar-refractivity contribution is 0.122. The summed E-state index contributed by atoms with van der Waals surface area (Å²) in [5, 5.41) is 3.95. The van der Waals surface area contributed by atoms with Crippen molar-refractivity contribution in [1.82, 2.24) is 15.0 Å². The van der Waals surface area contributed by atoms with Crippen LogP contribution in [0.15, 0.2) is 4.52 Å². The van der Waals surface area contributed by atoms with Crippen LogP contribution in [0.4, 0.5) is 0 Å². The van der Waals surface area contributed by atoms with Crippen LogP contribution in [0.2, 0.25) is 0 Å². The van der Waals surface area contributed by atoms with E-state index in [1.165, 1.54) is 0 Å². The second-order valence-electron chi connectivity index (χ2n) is 4.94.